The Morgan fingerprint density at radius 1 is 1.23 bits per heavy atom. The summed E-state index contributed by atoms with van der Waals surface area (Å²) >= 11 is 0. The van der Waals surface area contributed by atoms with Crippen molar-refractivity contribution in [2.45, 2.75) is 63.9 Å². The molecule has 0 saturated carbocycles. The number of ether oxygens (including phenoxy) is 1. The second-order valence-electron chi connectivity index (χ2n) is 10.5. The minimum atomic E-state index is -0.309. The van der Waals surface area contributed by atoms with Gasteiger partial charge in [-0.05, 0) is 51.2 Å². The van der Waals surface area contributed by atoms with Crippen LogP contribution < -0.4 is 31.9 Å². The van der Waals surface area contributed by atoms with Gasteiger partial charge in [-0.25, -0.2) is 0 Å². The van der Waals surface area contributed by atoms with Crippen LogP contribution in [0.5, 0.6) is 0 Å². The van der Waals surface area contributed by atoms with E-state index in [0.29, 0.717) is 30.4 Å². The van der Waals surface area contributed by atoms with E-state index < -0.39 is 0 Å². The first-order chi connectivity index (χ1) is 19.3. The van der Waals surface area contributed by atoms with Crippen LogP contribution in [0.15, 0.2) is 45.8 Å². The summed E-state index contributed by atoms with van der Waals surface area (Å²) in [6.45, 7) is 2.85. The molecule has 3 N–H and O–H groups in total. The molecule has 2 aromatic heterocycles. The molecule has 11 nitrogen and oxygen atoms in total. The summed E-state index contributed by atoms with van der Waals surface area (Å²) in [5, 5.41) is 15.4. The number of nitrogens with zero attached hydrogens (tertiary/aromatic N) is 3. The molecular weight excluding hydrogens is 512 g/mol. The maximum Gasteiger partial charge on any atom is 0.258 e. The number of carbonyl (C=O) groups is 2. The second kappa shape index (κ2) is 13.6. The van der Waals surface area contributed by atoms with Crippen molar-refractivity contribution >= 4 is 23.8 Å². The Morgan fingerprint density at radius 3 is 2.75 bits per heavy atom. The van der Waals surface area contributed by atoms with Crippen LogP contribution in [0, 0.1) is 5.92 Å². The van der Waals surface area contributed by atoms with E-state index in [9.17, 15) is 14.4 Å². The number of Topliss-reactive ketones (excluding diaryl/α,β-unsaturated/α-hetero) is 1. The molecule has 1 aliphatic carbocycles. The molecule has 2 aliphatic rings. The Labute approximate surface area is 233 Å². The zero-order valence-corrected chi connectivity index (χ0v) is 23.7. The van der Waals surface area contributed by atoms with Crippen LogP contribution in [-0.2, 0) is 16.1 Å². The van der Waals surface area contributed by atoms with Gasteiger partial charge in [0, 0.05) is 55.4 Å². The average molecular weight is 553 g/mol. The van der Waals surface area contributed by atoms with Crippen LogP contribution in [-0.4, -0.2) is 72.4 Å². The third kappa shape index (κ3) is 7.08. The number of fused-ring (bicyclic) bond motifs is 1. The summed E-state index contributed by atoms with van der Waals surface area (Å²) in [5.74, 6) is -0.199. The monoisotopic (exact) mass is 552 g/mol. The van der Waals surface area contributed by atoms with Crippen LogP contribution >= 0.6 is 0 Å². The van der Waals surface area contributed by atoms with Gasteiger partial charge in [0.25, 0.3) is 5.56 Å². The summed E-state index contributed by atoms with van der Waals surface area (Å²) in [7, 11) is 5.37. The Bertz CT molecular complexity index is 1380. The third-order valence-electron chi connectivity index (χ3n) is 7.34. The molecule has 3 heterocycles. The molecule has 0 spiro atoms. The van der Waals surface area contributed by atoms with Crippen molar-refractivity contribution in [2.75, 3.05) is 27.7 Å². The molecule has 2 aromatic rings. The number of methoxy groups -OCH3 is 1. The van der Waals surface area contributed by atoms with Gasteiger partial charge in [-0.3, -0.25) is 14.4 Å². The lowest BCUT2D eigenvalue weighted by Crippen LogP contribution is -2.54. The van der Waals surface area contributed by atoms with Crippen molar-refractivity contribution in [3.63, 3.8) is 0 Å². The predicted molar refractivity (Wildman–Crippen MR) is 151 cm³/mol. The zero-order chi connectivity index (χ0) is 28.6. The highest BCUT2D eigenvalue weighted by Gasteiger charge is 2.32. The average Bonchev–Trinajstić information content (AvgIpc) is 3.64. The molecule has 40 heavy (non-hydrogen) atoms. The highest BCUT2D eigenvalue weighted by atomic mass is 16.5. The van der Waals surface area contributed by atoms with Crippen LogP contribution in [0.2, 0.25) is 0 Å². The summed E-state index contributed by atoms with van der Waals surface area (Å²) in [6, 6.07) is 3.37. The standard InChI is InChI=1S/C29H40N6O5/c1-5-35-13-11-19-15-21(26(39-4)16-20(19)29(35)38)24-17-30-28(32-24)23(31-27(37)18-34(2)3)9-7-6-8-10-25(36)22-12-14-40-33-22/h11-17,21,23,26,28,30,32H,5-10,18H2,1-4H3,(H,31,37)/t21?,23-,26?,28?/m0/s1. The Balaban J connectivity index is 1.40. The summed E-state index contributed by atoms with van der Waals surface area (Å²) in [6.07, 6.45) is 12.2. The molecular formula is C29H40N6O5. The first-order valence-electron chi connectivity index (χ1n) is 13.9. The van der Waals surface area contributed by atoms with Crippen LogP contribution in [0.1, 0.15) is 49.5 Å². The molecule has 4 atom stereocenters. The fourth-order valence-corrected chi connectivity index (χ4v) is 5.23. The van der Waals surface area contributed by atoms with Gasteiger partial charge in [0.15, 0.2) is 5.78 Å². The molecule has 0 saturated heterocycles. The topological polar surface area (TPSA) is 131 Å². The van der Waals surface area contributed by atoms with Gasteiger partial charge in [0.1, 0.15) is 18.1 Å². The molecule has 0 fully saturated rings. The number of aromatic nitrogens is 2. The van der Waals surface area contributed by atoms with Gasteiger partial charge in [0.2, 0.25) is 5.91 Å². The molecule has 216 valence electrons. The van der Waals surface area contributed by atoms with E-state index in [1.165, 1.54) is 6.26 Å². The minimum Gasteiger partial charge on any atom is -0.376 e. The largest absolute Gasteiger partial charge is 0.376 e. The maximum absolute atomic E-state index is 12.8. The fourth-order valence-electron chi connectivity index (χ4n) is 5.23. The molecule has 0 bridgehead atoms. The van der Waals surface area contributed by atoms with Crippen molar-refractivity contribution in [2.24, 2.45) is 5.92 Å². The van der Waals surface area contributed by atoms with E-state index >= 15 is 0 Å². The number of unbranched alkanes of at least 4 members (excludes halogenated alkanes) is 2. The number of aryl methyl sites for hydroxylation is 1. The Morgan fingerprint density at radius 2 is 2.05 bits per heavy atom. The van der Waals surface area contributed by atoms with Crippen LogP contribution in [0.25, 0.3) is 12.2 Å². The van der Waals surface area contributed by atoms with Gasteiger partial charge >= 0.3 is 0 Å². The van der Waals surface area contributed by atoms with Gasteiger partial charge in [-0.1, -0.05) is 24.1 Å². The zero-order valence-electron chi connectivity index (χ0n) is 23.7. The number of hydrogen-bond acceptors (Lipinski definition) is 9. The Hall–Kier alpha value is -3.70. The van der Waals surface area contributed by atoms with Crippen molar-refractivity contribution in [3.05, 3.63) is 63.0 Å². The van der Waals surface area contributed by atoms with Crippen molar-refractivity contribution in [3.8, 4) is 0 Å². The fraction of sp³-hybridized carbons (Fsp3) is 0.517. The summed E-state index contributed by atoms with van der Waals surface area (Å²) in [4.78, 5) is 39.5. The maximum atomic E-state index is 12.8. The van der Waals surface area contributed by atoms with Gasteiger partial charge in [-0.15, -0.1) is 0 Å². The highest BCUT2D eigenvalue weighted by Crippen LogP contribution is 2.23. The first-order valence-corrected chi connectivity index (χ1v) is 13.9. The predicted octanol–water partition coefficient (Wildman–Crippen LogP) is 0.302. The number of hydrogen-bond donors (Lipinski definition) is 3. The summed E-state index contributed by atoms with van der Waals surface area (Å²) in [5.41, 5.74) is 1.27. The van der Waals surface area contributed by atoms with Crippen molar-refractivity contribution < 1.29 is 18.8 Å². The highest BCUT2D eigenvalue weighted by molar-refractivity contribution is 5.93. The van der Waals surface area contributed by atoms with E-state index in [4.69, 9.17) is 9.26 Å². The van der Waals surface area contributed by atoms with Crippen LogP contribution in [0.3, 0.4) is 0 Å². The third-order valence-corrected chi connectivity index (χ3v) is 7.34. The number of pyridine rings is 1. The number of carbonyl (C=O) groups excluding carboxylic acids is 2. The quantitative estimate of drug-likeness (QED) is 0.224. The van der Waals surface area contributed by atoms with Gasteiger partial charge < -0.3 is 34.7 Å². The second-order valence-corrected chi connectivity index (χ2v) is 10.5. The lowest BCUT2D eigenvalue weighted by Gasteiger charge is -2.29. The number of ketones is 1. The molecule has 1 amide bonds. The smallest absolute Gasteiger partial charge is 0.258 e. The molecule has 0 radical (unpaired) electrons. The minimum absolute atomic E-state index is 0.0208. The first kappa shape index (κ1) is 29.3. The lowest BCUT2D eigenvalue weighted by molar-refractivity contribution is -0.122. The van der Waals surface area contributed by atoms with Gasteiger partial charge in [-0.2, -0.15) is 0 Å². The SMILES string of the molecule is CCn1ccc2c(c1=O)=CC(OC)C(C1=CNC([C@H](CCCCCC(=O)c3ccon3)NC(=O)CN(C)C)N1)C=2. The van der Waals surface area contributed by atoms with Crippen molar-refractivity contribution in [1.82, 2.24) is 30.6 Å². The van der Waals surface area contributed by atoms with E-state index in [1.54, 1.807) is 17.7 Å². The molecule has 0 aromatic carbocycles. The number of rotatable bonds is 14. The lowest BCUT2D eigenvalue weighted by atomic mass is 9.92. The van der Waals surface area contributed by atoms with E-state index in [-0.39, 0.29) is 41.5 Å². The van der Waals surface area contributed by atoms with E-state index in [0.717, 1.165) is 36.6 Å². The molecule has 11 heteroatoms. The molecule has 4 rings (SSSR count). The van der Waals surface area contributed by atoms with Crippen LogP contribution in [0.4, 0.5) is 0 Å². The van der Waals surface area contributed by atoms with Crippen molar-refractivity contribution in [1.29, 1.82) is 0 Å². The number of amides is 1. The Kier molecular flexibility index (Phi) is 9.94. The van der Waals surface area contributed by atoms with E-state index in [2.05, 4.69) is 27.2 Å². The summed E-state index contributed by atoms with van der Waals surface area (Å²) < 4.78 is 12.2. The van der Waals surface area contributed by atoms with Gasteiger partial charge in [0.05, 0.1) is 18.7 Å². The number of nitrogens with one attached hydrogen (secondary N) is 3. The molecule has 3 unspecified atom stereocenters. The molecule has 1 aliphatic heterocycles. The normalized spacial score (nSPS) is 20.4. The number of likely N-dealkylation sites (N-methyl/N-ethyl adjacent to an activating group) is 1. The van der Waals surface area contributed by atoms with E-state index in [1.807, 2.05) is 50.5 Å².